The maximum atomic E-state index is 12.7. The molecule has 28 heavy (non-hydrogen) atoms. The van der Waals surface area contributed by atoms with Crippen LogP contribution in [0.2, 0.25) is 0 Å². The summed E-state index contributed by atoms with van der Waals surface area (Å²) >= 11 is 0. The number of nitrogens with one attached hydrogen (secondary N) is 1. The Kier molecular flexibility index (Phi) is 5.47. The molecule has 1 aliphatic heterocycles. The Labute approximate surface area is 164 Å². The summed E-state index contributed by atoms with van der Waals surface area (Å²) in [5, 5.41) is 12.7. The van der Waals surface area contributed by atoms with Gasteiger partial charge in [0, 0.05) is 5.56 Å². The van der Waals surface area contributed by atoms with Gasteiger partial charge in [-0.05, 0) is 10.8 Å². The van der Waals surface area contributed by atoms with Crippen molar-refractivity contribution in [3.05, 3.63) is 66.2 Å². The number of hydrogen-bond donors (Lipinski definition) is 1. The highest BCUT2D eigenvalue weighted by Crippen LogP contribution is 2.12. The lowest BCUT2D eigenvalue weighted by Crippen LogP contribution is -3.14. The second-order valence-corrected chi connectivity index (χ2v) is 8.87. The second-order valence-electron chi connectivity index (χ2n) is 6.90. The maximum Gasteiger partial charge on any atom is 0.218 e. The van der Waals surface area contributed by atoms with Crippen molar-refractivity contribution in [3.63, 3.8) is 0 Å². The van der Waals surface area contributed by atoms with Gasteiger partial charge in [0.2, 0.25) is 15.8 Å². The number of rotatable bonds is 6. The van der Waals surface area contributed by atoms with Crippen LogP contribution in [0.5, 0.6) is 0 Å². The average molecular weight is 400 g/mol. The van der Waals surface area contributed by atoms with Crippen molar-refractivity contribution in [2.24, 2.45) is 0 Å². The predicted molar refractivity (Wildman–Crippen MR) is 105 cm³/mol. The minimum absolute atomic E-state index is 0.0498. The molecule has 4 rings (SSSR count). The first-order valence-corrected chi connectivity index (χ1v) is 10.9. The molecule has 1 saturated heterocycles. The number of hydrogen-bond acceptors (Lipinski definition) is 5. The molecule has 0 atom stereocenters. The summed E-state index contributed by atoms with van der Waals surface area (Å²) < 4.78 is 26.9. The SMILES string of the molecule is O=S(=O)(Cc1ccccc1)N1CC[NH+](Cn2nnc(-c3ccccc3)n2)CC1. The third-order valence-corrected chi connectivity index (χ3v) is 6.71. The van der Waals surface area contributed by atoms with Crippen molar-refractivity contribution in [2.75, 3.05) is 26.2 Å². The van der Waals surface area contributed by atoms with Gasteiger partial charge in [-0.25, -0.2) is 8.42 Å². The van der Waals surface area contributed by atoms with Gasteiger partial charge in [-0.15, -0.1) is 15.0 Å². The molecule has 0 bridgehead atoms. The number of tetrazole rings is 1. The molecule has 9 heteroatoms. The van der Waals surface area contributed by atoms with Crippen molar-refractivity contribution in [1.82, 2.24) is 24.5 Å². The van der Waals surface area contributed by atoms with E-state index in [-0.39, 0.29) is 5.75 Å². The Morgan fingerprint density at radius 2 is 1.57 bits per heavy atom. The molecule has 0 saturated carbocycles. The first kappa shape index (κ1) is 18.7. The van der Waals surface area contributed by atoms with E-state index in [0.717, 1.165) is 24.2 Å². The Balaban J connectivity index is 1.33. The Morgan fingerprint density at radius 1 is 0.929 bits per heavy atom. The smallest absolute Gasteiger partial charge is 0.218 e. The van der Waals surface area contributed by atoms with Gasteiger partial charge < -0.3 is 4.90 Å². The van der Waals surface area contributed by atoms with Crippen molar-refractivity contribution in [2.45, 2.75) is 12.4 Å². The predicted octanol–water partition coefficient (Wildman–Crippen LogP) is 0.0281. The monoisotopic (exact) mass is 399 g/mol. The van der Waals surface area contributed by atoms with Gasteiger partial charge in [0.15, 0.2) is 6.67 Å². The molecule has 2 aromatic carbocycles. The molecule has 3 aromatic rings. The Hall–Kier alpha value is -2.62. The van der Waals surface area contributed by atoms with E-state index in [4.69, 9.17) is 0 Å². The van der Waals surface area contributed by atoms with Crippen LogP contribution in [0.15, 0.2) is 60.7 Å². The number of quaternary nitrogens is 1. The van der Waals surface area contributed by atoms with Crippen LogP contribution in [0.1, 0.15) is 5.56 Å². The molecule has 146 valence electrons. The van der Waals surface area contributed by atoms with Crippen molar-refractivity contribution in [3.8, 4) is 11.4 Å². The Bertz CT molecular complexity index is 999. The van der Waals surface area contributed by atoms with Gasteiger partial charge in [-0.2, -0.15) is 4.31 Å². The molecule has 0 aliphatic carbocycles. The lowest BCUT2D eigenvalue weighted by molar-refractivity contribution is -0.927. The molecule has 8 nitrogen and oxygen atoms in total. The summed E-state index contributed by atoms with van der Waals surface area (Å²) in [7, 11) is -3.29. The van der Waals surface area contributed by atoms with Crippen LogP contribution < -0.4 is 4.90 Å². The van der Waals surface area contributed by atoms with Gasteiger partial charge in [0.25, 0.3) is 0 Å². The number of aromatic nitrogens is 4. The molecular formula is C19H23N6O2S+. The van der Waals surface area contributed by atoms with E-state index in [0.29, 0.717) is 25.6 Å². The lowest BCUT2D eigenvalue weighted by Gasteiger charge is -2.31. The van der Waals surface area contributed by atoms with Gasteiger partial charge >= 0.3 is 0 Å². The molecule has 1 aliphatic rings. The third-order valence-electron chi connectivity index (χ3n) is 4.86. The van der Waals surface area contributed by atoms with E-state index in [1.165, 1.54) is 4.90 Å². The number of sulfonamides is 1. The van der Waals surface area contributed by atoms with Gasteiger partial charge in [0.1, 0.15) is 0 Å². The van der Waals surface area contributed by atoms with Crippen molar-refractivity contribution >= 4 is 10.0 Å². The molecule has 0 unspecified atom stereocenters. The minimum Gasteiger partial charge on any atom is -0.313 e. The summed E-state index contributed by atoms with van der Waals surface area (Å²) in [5.74, 6) is 0.651. The van der Waals surface area contributed by atoms with Crippen LogP contribution in [0.4, 0.5) is 0 Å². The molecule has 0 spiro atoms. The highest BCUT2D eigenvalue weighted by Gasteiger charge is 2.29. The second kappa shape index (κ2) is 8.17. The van der Waals surface area contributed by atoms with Crippen LogP contribution >= 0.6 is 0 Å². The van der Waals surface area contributed by atoms with Crippen LogP contribution in [-0.4, -0.2) is 59.1 Å². The zero-order valence-electron chi connectivity index (χ0n) is 15.5. The zero-order valence-corrected chi connectivity index (χ0v) is 16.3. The van der Waals surface area contributed by atoms with E-state index in [1.807, 2.05) is 60.7 Å². The van der Waals surface area contributed by atoms with Crippen LogP contribution in [0.25, 0.3) is 11.4 Å². The molecule has 0 amide bonds. The maximum absolute atomic E-state index is 12.7. The highest BCUT2D eigenvalue weighted by atomic mass is 32.2. The van der Waals surface area contributed by atoms with Crippen LogP contribution in [0, 0.1) is 0 Å². The molecule has 1 N–H and O–H groups in total. The normalized spacial score (nSPS) is 16.3. The highest BCUT2D eigenvalue weighted by molar-refractivity contribution is 7.88. The molecule has 0 radical (unpaired) electrons. The third kappa shape index (κ3) is 4.44. The van der Waals surface area contributed by atoms with E-state index >= 15 is 0 Å². The van der Waals surface area contributed by atoms with E-state index in [2.05, 4.69) is 15.4 Å². The van der Waals surface area contributed by atoms with Crippen LogP contribution in [0.3, 0.4) is 0 Å². The topological polar surface area (TPSA) is 85.4 Å². The Morgan fingerprint density at radius 3 is 2.25 bits per heavy atom. The summed E-state index contributed by atoms with van der Waals surface area (Å²) in [5.41, 5.74) is 1.75. The van der Waals surface area contributed by atoms with E-state index < -0.39 is 10.0 Å². The summed E-state index contributed by atoms with van der Waals surface area (Å²) in [6.07, 6.45) is 0. The van der Waals surface area contributed by atoms with Crippen molar-refractivity contribution in [1.29, 1.82) is 0 Å². The standard InChI is InChI=1S/C19H22N6O2S/c26-28(27,15-17-7-3-1-4-8-17)24-13-11-23(12-14-24)16-25-21-19(20-22-25)18-9-5-2-6-10-18/h1-10H,11-16H2/p+1. The fraction of sp³-hybridized carbons (Fsp3) is 0.316. The van der Waals surface area contributed by atoms with Gasteiger partial charge in [-0.3, -0.25) is 0 Å². The average Bonchev–Trinajstić information content (AvgIpc) is 3.18. The summed E-state index contributed by atoms with van der Waals surface area (Å²) in [6.45, 7) is 3.02. The summed E-state index contributed by atoms with van der Waals surface area (Å²) in [6, 6.07) is 19.0. The molecule has 1 aromatic heterocycles. The van der Waals surface area contributed by atoms with Crippen molar-refractivity contribution < 1.29 is 13.3 Å². The largest absolute Gasteiger partial charge is 0.313 e. The quantitative estimate of drug-likeness (QED) is 0.632. The first-order valence-electron chi connectivity index (χ1n) is 9.29. The number of piperazine rings is 1. The van der Waals surface area contributed by atoms with E-state index in [9.17, 15) is 8.42 Å². The minimum atomic E-state index is -3.29. The molecule has 2 heterocycles. The summed E-state index contributed by atoms with van der Waals surface area (Å²) in [4.78, 5) is 2.83. The number of nitrogens with zero attached hydrogens (tertiary/aromatic N) is 5. The van der Waals surface area contributed by atoms with E-state index in [1.54, 1.807) is 9.10 Å². The van der Waals surface area contributed by atoms with Gasteiger partial charge in [0.05, 0.1) is 31.9 Å². The fourth-order valence-corrected chi connectivity index (χ4v) is 4.86. The number of benzene rings is 2. The molecular weight excluding hydrogens is 376 g/mol. The lowest BCUT2D eigenvalue weighted by atomic mass is 10.2. The van der Waals surface area contributed by atoms with Gasteiger partial charge in [-0.1, -0.05) is 60.7 Å². The van der Waals surface area contributed by atoms with Crippen LogP contribution in [-0.2, 0) is 22.4 Å². The first-order chi connectivity index (χ1) is 13.6. The zero-order chi connectivity index (χ0) is 19.4. The molecule has 1 fully saturated rings. The fourth-order valence-electron chi connectivity index (χ4n) is 3.33.